The topological polar surface area (TPSA) is 58.2 Å². The number of amides is 1. The van der Waals surface area contributed by atoms with Gasteiger partial charge in [-0.15, -0.1) is 0 Å². The first-order valence-corrected chi connectivity index (χ1v) is 5.86. The van der Waals surface area contributed by atoms with Gasteiger partial charge in [-0.2, -0.15) is 18.3 Å². The van der Waals surface area contributed by atoms with Gasteiger partial charge in [-0.3, -0.25) is 9.89 Å². The molecule has 0 saturated heterocycles. The molecule has 5 nitrogen and oxygen atoms in total. The number of rotatable bonds is 7. The van der Waals surface area contributed by atoms with Gasteiger partial charge in [0.25, 0.3) is 5.91 Å². The number of ether oxygens (including phenoxy) is 1. The maximum absolute atomic E-state index is 12.4. The number of nitrogens with one attached hydrogen (secondary N) is 1. The maximum atomic E-state index is 12.4. The van der Waals surface area contributed by atoms with Crippen molar-refractivity contribution in [3.8, 4) is 0 Å². The van der Waals surface area contributed by atoms with Crippen LogP contribution in [0, 0.1) is 0 Å². The van der Waals surface area contributed by atoms with Gasteiger partial charge in [-0.05, 0) is 13.3 Å². The summed E-state index contributed by atoms with van der Waals surface area (Å²) >= 11 is 0. The molecule has 1 rings (SSSR count). The second kappa shape index (κ2) is 7.13. The highest BCUT2D eigenvalue weighted by Gasteiger charge is 2.33. The summed E-state index contributed by atoms with van der Waals surface area (Å²) in [6, 6.07) is 0. The third kappa shape index (κ3) is 5.73. The van der Waals surface area contributed by atoms with E-state index in [-0.39, 0.29) is 12.1 Å². The molecule has 108 valence electrons. The largest absolute Gasteiger partial charge is 0.406 e. The van der Waals surface area contributed by atoms with Crippen LogP contribution in [0.5, 0.6) is 0 Å². The fraction of sp³-hybridized carbons (Fsp3) is 0.636. The molecule has 1 heterocycles. The van der Waals surface area contributed by atoms with Gasteiger partial charge < -0.3 is 9.64 Å². The number of carbonyl (C=O) groups excluding carboxylic acids is 1. The molecule has 1 amide bonds. The molecule has 1 N–H and O–H groups in total. The summed E-state index contributed by atoms with van der Waals surface area (Å²) in [5.74, 6) is -0.692. The molecule has 0 bridgehead atoms. The van der Waals surface area contributed by atoms with Crippen LogP contribution in [0.3, 0.4) is 0 Å². The number of carbonyl (C=O) groups is 1. The second-order valence-corrected chi connectivity index (χ2v) is 3.88. The first kappa shape index (κ1) is 15.5. The molecule has 1 aromatic heterocycles. The normalized spacial score (nSPS) is 11.6. The molecule has 1 aromatic rings. The van der Waals surface area contributed by atoms with Crippen LogP contribution in [-0.2, 0) is 4.74 Å². The van der Waals surface area contributed by atoms with Crippen LogP contribution in [0.15, 0.2) is 12.4 Å². The summed E-state index contributed by atoms with van der Waals surface area (Å²) in [4.78, 5) is 12.6. The van der Waals surface area contributed by atoms with E-state index in [2.05, 4.69) is 10.2 Å². The van der Waals surface area contributed by atoms with Crippen molar-refractivity contribution in [2.75, 3.05) is 26.3 Å². The van der Waals surface area contributed by atoms with Crippen LogP contribution < -0.4 is 0 Å². The summed E-state index contributed by atoms with van der Waals surface area (Å²) in [6.07, 6.45) is -1.60. The molecule has 0 aliphatic heterocycles. The minimum Gasteiger partial charge on any atom is -0.382 e. The van der Waals surface area contributed by atoms with E-state index in [4.69, 9.17) is 4.74 Å². The van der Waals surface area contributed by atoms with Gasteiger partial charge in [0, 0.05) is 26.0 Å². The standard InChI is InChI=1S/C11H16F3N3O2/c1-2-19-5-3-4-17(8-11(12,13)14)10(18)9-6-15-16-7-9/h6-7H,2-5,8H2,1H3,(H,15,16). The Morgan fingerprint density at radius 1 is 1.53 bits per heavy atom. The second-order valence-electron chi connectivity index (χ2n) is 3.88. The Kier molecular flexibility index (Phi) is 5.81. The van der Waals surface area contributed by atoms with E-state index in [1.807, 2.05) is 0 Å². The van der Waals surface area contributed by atoms with Crippen molar-refractivity contribution in [3.63, 3.8) is 0 Å². The van der Waals surface area contributed by atoms with Gasteiger partial charge in [-0.25, -0.2) is 0 Å². The van der Waals surface area contributed by atoms with E-state index in [0.29, 0.717) is 19.6 Å². The highest BCUT2D eigenvalue weighted by molar-refractivity contribution is 5.93. The summed E-state index contributed by atoms with van der Waals surface area (Å²) in [5.41, 5.74) is 0.112. The van der Waals surface area contributed by atoms with E-state index < -0.39 is 18.6 Å². The molecule has 8 heteroatoms. The van der Waals surface area contributed by atoms with Crippen LogP contribution in [0.1, 0.15) is 23.7 Å². The van der Waals surface area contributed by atoms with Crippen LogP contribution in [0.2, 0.25) is 0 Å². The summed E-state index contributed by atoms with van der Waals surface area (Å²) in [5, 5.41) is 5.95. The third-order valence-corrected chi connectivity index (χ3v) is 2.32. The highest BCUT2D eigenvalue weighted by Crippen LogP contribution is 2.18. The summed E-state index contributed by atoms with van der Waals surface area (Å²) in [7, 11) is 0. The van der Waals surface area contributed by atoms with Crippen molar-refractivity contribution >= 4 is 5.91 Å². The van der Waals surface area contributed by atoms with Gasteiger partial charge in [0.15, 0.2) is 0 Å². The fourth-order valence-corrected chi connectivity index (χ4v) is 1.52. The van der Waals surface area contributed by atoms with E-state index in [1.54, 1.807) is 6.92 Å². The van der Waals surface area contributed by atoms with Crippen LogP contribution >= 0.6 is 0 Å². The molecular formula is C11H16F3N3O2. The van der Waals surface area contributed by atoms with Crippen LogP contribution in [-0.4, -0.2) is 53.5 Å². The van der Waals surface area contributed by atoms with Crippen molar-refractivity contribution in [2.24, 2.45) is 0 Å². The lowest BCUT2D eigenvalue weighted by Gasteiger charge is -2.23. The molecular weight excluding hydrogens is 263 g/mol. The van der Waals surface area contributed by atoms with E-state index in [0.717, 1.165) is 4.90 Å². The van der Waals surface area contributed by atoms with E-state index in [9.17, 15) is 18.0 Å². The highest BCUT2D eigenvalue weighted by atomic mass is 19.4. The number of hydrogen-bond acceptors (Lipinski definition) is 3. The van der Waals surface area contributed by atoms with Crippen LogP contribution in [0.25, 0.3) is 0 Å². The Hall–Kier alpha value is -1.57. The van der Waals surface area contributed by atoms with Crippen molar-refractivity contribution < 1.29 is 22.7 Å². The average molecular weight is 279 g/mol. The number of H-pyrrole nitrogens is 1. The Balaban J connectivity index is 2.61. The summed E-state index contributed by atoms with van der Waals surface area (Å²) < 4.78 is 42.4. The van der Waals surface area contributed by atoms with E-state index >= 15 is 0 Å². The van der Waals surface area contributed by atoms with E-state index in [1.165, 1.54) is 12.4 Å². The zero-order chi connectivity index (χ0) is 14.3. The SMILES string of the molecule is CCOCCCN(CC(F)(F)F)C(=O)c1cn[nH]c1. The Morgan fingerprint density at radius 3 is 2.79 bits per heavy atom. The average Bonchev–Trinajstić information content (AvgIpc) is 2.84. The lowest BCUT2D eigenvalue weighted by Crippen LogP contribution is -2.39. The predicted octanol–water partition coefficient (Wildman–Crippen LogP) is 1.84. The minimum atomic E-state index is -4.43. The maximum Gasteiger partial charge on any atom is 0.406 e. The molecule has 0 aliphatic carbocycles. The first-order valence-electron chi connectivity index (χ1n) is 5.86. The van der Waals surface area contributed by atoms with Crippen molar-refractivity contribution in [3.05, 3.63) is 18.0 Å². The number of hydrogen-bond donors (Lipinski definition) is 1. The lowest BCUT2D eigenvalue weighted by molar-refractivity contribution is -0.141. The zero-order valence-electron chi connectivity index (χ0n) is 10.5. The minimum absolute atomic E-state index is 0.0104. The van der Waals surface area contributed by atoms with Crippen molar-refractivity contribution in [2.45, 2.75) is 19.5 Å². The molecule has 0 spiro atoms. The number of nitrogens with zero attached hydrogens (tertiary/aromatic N) is 2. The number of alkyl halides is 3. The number of halogens is 3. The Bertz CT molecular complexity index is 379. The molecule has 0 aromatic carbocycles. The predicted molar refractivity (Wildman–Crippen MR) is 61.7 cm³/mol. The van der Waals surface area contributed by atoms with Gasteiger partial charge >= 0.3 is 6.18 Å². The van der Waals surface area contributed by atoms with Gasteiger partial charge in [0.2, 0.25) is 0 Å². The van der Waals surface area contributed by atoms with Crippen molar-refractivity contribution in [1.82, 2.24) is 15.1 Å². The number of aromatic amines is 1. The molecule has 0 saturated carbocycles. The fourth-order valence-electron chi connectivity index (χ4n) is 1.52. The van der Waals surface area contributed by atoms with Crippen molar-refractivity contribution in [1.29, 1.82) is 0 Å². The quantitative estimate of drug-likeness (QED) is 0.775. The van der Waals surface area contributed by atoms with Crippen LogP contribution in [0.4, 0.5) is 13.2 Å². The molecule has 0 atom stereocenters. The molecule has 0 aliphatic rings. The number of aromatic nitrogens is 2. The molecule has 0 radical (unpaired) electrons. The zero-order valence-corrected chi connectivity index (χ0v) is 10.5. The van der Waals surface area contributed by atoms with Gasteiger partial charge in [-0.1, -0.05) is 0 Å². The first-order chi connectivity index (χ1) is 8.94. The van der Waals surface area contributed by atoms with Gasteiger partial charge in [0.1, 0.15) is 6.54 Å². The molecule has 0 fully saturated rings. The summed E-state index contributed by atoms with van der Waals surface area (Å²) in [6.45, 7) is 1.33. The molecule has 0 unspecified atom stereocenters. The van der Waals surface area contributed by atoms with Gasteiger partial charge in [0.05, 0.1) is 11.8 Å². The Morgan fingerprint density at radius 2 is 2.26 bits per heavy atom. The lowest BCUT2D eigenvalue weighted by atomic mass is 10.3. The monoisotopic (exact) mass is 279 g/mol. The molecule has 19 heavy (non-hydrogen) atoms. The smallest absolute Gasteiger partial charge is 0.382 e. The third-order valence-electron chi connectivity index (χ3n) is 2.32. The Labute approximate surface area is 108 Å².